The highest BCUT2D eigenvalue weighted by Gasteiger charge is 2.43. The molecule has 1 aromatic heterocycles. The van der Waals surface area contributed by atoms with Crippen LogP contribution in [0.3, 0.4) is 0 Å². The lowest BCUT2D eigenvalue weighted by molar-refractivity contribution is -0.127. The molecule has 4 rings (SSSR count). The average molecular weight is 405 g/mol. The van der Waals surface area contributed by atoms with Crippen LogP contribution in [0.1, 0.15) is 53.9 Å². The summed E-state index contributed by atoms with van der Waals surface area (Å²) in [5.74, 6) is -0.360. The second-order valence-electron chi connectivity index (χ2n) is 8.92. The molecule has 1 aliphatic rings. The Morgan fingerprint density at radius 2 is 1.93 bits per heavy atom. The molecular weight excluding hydrogens is 378 g/mol. The molecule has 0 saturated heterocycles. The number of rotatable bonds is 4. The van der Waals surface area contributed by atoms with E-state index in [0.717, 1.165) is 16.5 Å². The van der Waals surface area contributed by atoms with E-state index in [1.807, 2.05) is 51.2 Å². The zero-order valence-corrected chi connectivity index (χ0v) is 17.7. The molecule has 3 aromatic rings. The Labute approximate surface area is 175 Å². The Morgan fingerprint density at radius 1 is 1.20 bits per heavy atom. The van der Waals surface area contributed by atoms with Crippen molar-refractivity contribution in [2.75, 3.05) is 6.54 Å². The minimum atomic E-state index is -0.712. The van der Waals surface area contributed by atoms with Gasteiger partial charge in [0, 0.05) is 34.7 Å². The van der Waals surface area contributed by atoms with Gasteiger partial charge in [-0.2, -0.15) is 0 Å². The van der Waals surface area contributed by atoms with Crippen molar-refractivity contribution in [1.29, 1.82) is 0 Å². The van der Waals surface area contributed by atoms with E-state index < -0.39 is 11.6 Å². The first-order chi connectivity index (χ1) is 14.2. The summed E-state index contributed by atoms with van der Waals surface area (Å²) in [6, 6.07) is 10.6. The summed E-state index contributed by atoms with van der Waals surface area (Å²) in [5, 5.41) is 14.2. The van der Waals surface area contributed by atoms with Crippen molar-refractivity contribution in [3.05, 3.63) is 64.8 Å². The molecule has 1 unspecified atom stereocenters. The number of hydrogen-bond donors (Lipinski definition) is 3. The highest BCUT2D eigenvalue weighted by Crippen LogP contribution is 2.39. The highest BCUT2D eigenvalue weighted by molar-refractivity contribution is 6.06. The maximum atomic E-state index is 13.3. The molecule has 0 spiro atoms. The van der Waals surface area contributed by atoms with E-state index in [0.29, 0.717) is 29.7 Å². The third kappa shape index (κ3) is 3.43. The lowest BCUT2D eigenvalue weighted by Crippen LogP contribution is -2.47. The van der Waals surface area contributed by atoms with Gasteiger partial charge in [-0.25, -0.2) is 0 Å². The molecule has 1 aliphatic heterocycles. The van der Waals surface area contributed by atoms with Crippen molar-refractivity contribution in [3.8, 4) is 5.75 Å². The third-order valence-electron chi connectivity index (χ3n) is 5.59. The van der Waals surface area contributed by atoms with Gasteiger partial charge < -0.3 is 20.3 Å². The zero-order valence-electron chi connectivity index (χ0n) is 17.7. The number of amides is 2. The van der Waals surface area contributed by atoms with Crippen LogP contribution in [0, 0.1) is 6.92 Å². The fourth-order valence-electron chi connectivity index (χ4n) is 4.19. The molecule has 156 valence electrons. The maximum Gasteiger partial charge on any atom is 0.255 e. The smallest absolute Gasteiger partial charge is 0.255 e. The van der Waals surface area contributed by atoms with Gasteiger partial charge >= 0.3 is 0 Å². The van der Waals surface area contributed by atoms with Crippen molar-refractivity contribution in [2.45, 2.75) is 45.7 Å². The van der Waals surface area contributed by atoms with Crippen LogP contribution in [0.25, 0.3) is 10.9 Å². The summed E-state index contributed by atoms with van der Waals surface area (Å²) >= 11 is 0. The summed E-state index contributed by atoms with van der Waals surface area (Å²) in [5.41, 5.74) is 3.33. The van der Waals surface area contributed by atoms with Crippen molar-refractivity contribution in [2.24, 2.45) is 0 Å². The van der Waals surface area contributed by atoms with Crippen LogP contribution >= 0.6 is 0 Å². The topological polar surface area (TPSA) is 85.4 Å². The molecule has 6 heteroatoms. The van der Waals surface area contributed by atoms with Gasteiger partial charge in [0.15, 0.2) is 0 Å². The van der Waals surface area contributed by atoms with Gasteiger partial charge in [0.1, 0.15) is 11.8 Å². The first-order valence-electron chi connectivity index (χ1n) is 10.2. The fourth-order valence-corrected chi connectivity index (χ4v) is 4.19. The minimum Gasteiger partial charge on any atom is -0.508 e. The van der Waals surface area contributed by atoms with Crippen molar-refractivity contribution >= 4 is 22.7 Å². The van der Waals surface area contributed by atoms with Gasteiger partial charge in [-0.15, -0.1) is 0 Å². The molecule has 1 atom stereocenters. The number of fused-ring (bicyclic) bond motifs is 2. The van der Waals surface area contributed by atoms with Gasteiger partial charge in [-0.3, -0.25) is 9.59 Å². The van der Waals surface area contributed by atoms with Gasteiger partial charge in [0.2, 0.25) is 5.91 Å². The van der Waals surface area contributed by atoms with Gasteiger partial charge in [0.05, 0.1) is 5.56 Å². The summed E-state index contributed by atoms with van der Waals surface area (Å²) in [4.78, 5) is 31.4. The van der Waals surface area contributed by atoms with Crippen molar-refractivity contribution in [3.63, 3.8) is 0 Å². The largest absolute Gasteiger partial charge is 0.508 e. The summed E-state index contributed by atoms with van der Waals surface area (Å²) in [6.45, 7) is 7.87. The Hall–Kier alpha value is -3.28. The quantitative estimate of drug-likeness (QED) is 0.617. The fraction of sp³-hybridized carbons (Fsp3) is 0.333. The predicted molar refractivity (Wildman–Crippen MR) is 117 cm³/mol. The first kappa shape index (κ1) is 20.0. The lowest BCUT2D eigenvalue weighted by Gasteiger charge is -2.28. The molecule has 2 aromatic carbocycles. The molecule has 6 nitrogen and oxygen atoms in total. The molecule has 30 heavy (non-hydrogen) atoms. The normalized spacial score (nSPS) is 16.2. The number of carbonyl (C=O) groups is 2. The number of phenols is 1. The van der Waals surface area contributed by atoms with Crippen LogP contribution in [0.2, 0.25) is 0 Å². The number of hydrogen-bond acceptors (Lipinski definition) is 3. The number of carbonyl (C=O) groups excluding carboxylic acids is 2. The Bertz CT molecular complexity index is 1140. The van der Waals surface area contributed by atoms with Crippen LogP contribution < -0.4 is 5.32 Å². The van der Waals surface area contributed by atoms with Crippen LogP contribution in [0.15, 0.2) is 42.6 Å². The van der Waals surface area contributed by atoms with E-state index in [1.165, 1.54) is 0 Å². The number of aromatic amines is 1. The average Bonchev–Trinajstić information content (AvgIpc) is 3.21. The molecule has 2 amide bonds. The summed E-state index contributed by atoms with van der Waals surface area (Å²) in [7, 11) is 0. The van der Waals surface area contributed by atoms with Gasteiger partial charge in [-0.1, -0.05) is 24.3 Å². The molecule has 0 aliphatic carbocycles. The molecule has 0 saturated carbocycles. The predicted octanol–water partition coefficient (Wildman–Crippen LogP) is 3.84. The number of phenolic OH excluding ortho intramolecular Hbond substituents is 1. The maximum absolute atomic E-state index is 13.3. The van der Waals surface area contributed by atoms with Crippen LogP contribution in [0.4, 0.5) is 0 Å². The molecule has 3 N–H and O–H groups in total. The van der Waals surface area contributed by atoms with Crippen molar-refractivity contribution in [1.82, 2.24) is 15.2 Å². The number of para-hydroxylation sites is 1. The number of benzene rings is 2. The summed E-state index contributed by atoms with van der Waals surface area (Å²) < 4.78 is 0. The number of H-pyrrole nitrogens is 1. The summed E-state index contributed by atoms with van der Waals surface area (Å²) in [6.07, 6.45) is 2.58. The second-order valence-corrected chi connectivity index (χ2v) is 8.92. The van der Waals surface area contributed by atoms with Crippen molar-refractivity contribution < 1.29 is 14.7 Å². The Balaban J connectivity index is 1.68. The van der Waals surface area contributed by atoms with Crippen LogP contribution in [0.5, 0.6) is 5.75 Å². The van der Waals surface area contributed by atoms with E-state index in [4.69, 9.17) is 0 Å². The molecule has 0 radical (unpaired) electrons. The number of nitrogens with one attached hydrogen (secondary N) is 2. The molecule has 0 fully saturated rings. The van der Waals surface area contributed by atoms with E-state index in [9.17, 15) is 14.7 Å². The SMILES string of the molecule is Cc1c(O)ccc2c1C(=O)N(CCc1c[nH]c3ccccc13)C2C(=O)NC(C)(C)C. The molecular formula is C24H27N3O3. The Kier molecular flexibility index (Phi) is 4.80. The Morgan fingerprint density at radius 3 is 2.67 bits per heavy atom. The van der Waals surface area contributed by atoms with Gasteiger partial charge in [0.25, 0.3) is 5.91 Å². The van der Waals surface area contributed by atoms with E-state index in [1.54, 1.807) is 24.0 Å². The number of nitrogens with zero attached hydrogens (tertiary/aromatic N) is 1. The number of aromatic nitrogens is 1. The van der Waals surface area contributed by atoms with E-state index in [2.05, 4.69) is 10.3 Å². The number of aromatic hydroxyl groups is 1. The first-order valence-corrected chi connectivity index (χ1v) is 10.2. The zero-order chi connectivity index (χ0) is 21.6. The highest BCUT2D eigenvalue weighted by atomic mass is 16.3. The van der Waals surface area contributed by atoms with E-state index >= 15 is 0 Å². The third-order valence-corrected chi connectivity index (χ3v) is 5.59. The van der Waals surface area contributed by atoms with Gasteiger partial charge in [-0.05, 0) is 57.4 Å². The monoisotopic (exact) mass is 405 g/mol. The molecule has 0 bridgehead atoms. The second kappa shape index (κ2) is 7.20. The standard InChI is InChI=1S/C24H27N3O3/c1-14-19(28)10-9-17-20(14)23(30)27(21(17)22(29)26-24(2,3)4)12-11-15-13-25-18-8-6-5-7-16(15)18/h5-10,13,21,25,28H,11-12H2,1-4H3,(H,26,29). The minimum absolute atomic E-state index is 0.0653. The van der Waals surface area contributed by atoms with Crippen LogP contribution in [-0.4, -0.2) is 38.9 Å². The van der Waals surface area contributed by atoms with Crippen LogP contribution in [-0.2, 0) is 11.2 Å². The van der Waals surface area contributed by atoms with E-state index in [-0.39, 0.29) is 17.6 Å². The lowest BCUT2D eigenvalue weighted by atomic mass is 9.98. The molecule has 2 heterocycles.